The van der Waals surface area contributed by atoms with Gasteiger partial charge in [-0.1, -0.05) is 18.2 Å². The molecule has 0 aromatic heterocycles. The lowest BCUT2D eigenvalue weighted by Crippen LogP contribution is -2.07. The molecule has 3 nitrogen and oxygen atoms in total. The first-order valence-corrected chi connectivity index (χ1v) is 6.53. The largest absolute Gasteiger partial charge is 0.494 e. The fraction of sp³-hybridized carbons (Fsp3) is 0.250. The molecule has 0 amide bonds. The molecule has 0 aliphatic rings. The van der Waals surface area contributed by atoms with Gasteiger partial charge >= 0.3 is 0 Å². The van der Waals surface area contributed by atoms with Crippen molar-refractivity contribution >= 4 is 11.4 Å². The molecule has 0 bridgehead atoms. The van der Waals surface area contributed by atoms with Crippen LogP contribution in [0.5, 0.6) is 5.75 Å². The predicted octanol–water partition coefficient (Wildman–Crippen LogP) is 3.46. The Morgan fingerprint density at radius 3 is 2.63 bits per heavy atom. The van der Waals surface area contributed by atoms with Crippen LogP contribution in [-0.4, -0.2) is 13.2 Å². The number of ether oxygens (including phenoxy) is 1. The summed E-state index contributed by atoms with van der Waals surface area (Å²) in [5, 5.41) is 3.35. The van der Waals surface area contributed by atoms with Crippen molar-refractivity contribution in [1.82, 2.24) is 0 Å². The van der Waals surface area contributed by atoms with Crippen LogP contribution in [0.25, 0.3) is 0 Å². The Balaban J connectivity index is 1.69. The minimum atomic E-state index is 0.707. The molecule has 100 valence electrons. The van der Waals surface area contributed by atoms with Crippen molar-refractivity contribution in [3.8, 4) is 5.75 Å². The van der Waals surface area contributed by atoms with E-state index in [1.54, 1.807) is 0 Å². The number of nitrogen functional groups attached to an aromatic ring is 1. The number of aryl methyl sites for hydroxylation is 1. The molecule has 0 saturated heterocycles. The molecule has 0 unspecified atom stereocenters. The van der Waals surface area contributed by atoms with Gasteiger partial charge in [-0.2, -0.15) is 0 Å². The summed E-state index contributed by atoms with van der Waals surface area (Å²) in [4.78, 5) is 0. The summed E-state index contributed by atoms with van der Waals surface area (Å²) in [5.74, 6) is 0.919. The molecule has 19 heavy (non-hydrogen) atoms. The Kier molecular flexibility index (Phi) is 4.67. The molecule has 2 aromatic rings. The van der Waals surface area contributed by atoms with Crippen molar-refractivity contribution in [2.24, 2.45) is 0 Å². The normalized spacial score (nSPS) is 10.2. The topological polar surface area (TPSA) is 47.3 Å². The Morgan fingerprint density at radius 1 is 1.11 bits per heavy atom. The fourth-order valence-electron chi connectivity index (χ4n) is 1.93. The molecular weight excluding hydrogens is 236 g/mol. The summed E-state index contributed by atoms with van der Waals surface area (Å²) in [5.41, 5.74) is 8.83. The highest BCUT2D eigenvalue weighted by Crippen LogP contribution is 2.15. The third kappa shape index (κ3) is 4.54. The molecule has 0 heterocycles. The summed E-state index contributed by atoms with van der Waals surface area (Å²) < 4.78 is 5.63. The van der Waals surface area contributed by atoms with E-state index in [1.165, 1.54) is 5.56 Å². The van der Waals surface area contributed by atoms with Gasteiger partial charge in [0.25, 0.3) is 0 Å². The first-order chi connectivity index (χ1) is 9.24. The van der Waals surface area contributed by atoms with Gasteiger partial charge in [0.15, 0.2) is 0 Å². The second kappa shape index (κ2) is 6.69. The van der Waals surface area contributed by atoms with Crippen molar-refractivity contribution in [3.05, 3.63) is 54.1 Å². The van der Waals surface area contributed by atoms with Gasteiger partial charge in [0.05, 0.1) is 6.61 Å². The van der Waals surface area contributed by atoms with E-state index in [2.05, 4.69) is 11.4 Å². The average molecular weight is 256 g/mol. The highest BCUT2D eigenvalue weighted by atomic mass is 16.5. The van der Waals surface area contributed by atoms with Gasteiger partial charge in [-0.3, -0.25) is 0 Å². The molecule has 0 atom stereocenters. The van der Waals surface area contributed by atoms with Gasteiger partial charge in [0.1, 0.15) is 5.75 Å². The lowest BCUT2D eigenvalue weighted by molar-refractivity contribution is 0.315. The third-order valence-electron chi connectivity index (χ3n) is 2.76. The summed E-state index contributed by atoms with van der Waals surface area (Å²) in [6, 6.07) is 15.9. The van der Waals surface area contributed by atoms with Crippen LogP contribution in [-0.2, 0) is 0 Å². The molecule has 0 aliphatic carbocycles. The molecule has 2 aromatic carbocycles. The van der Waals surface area contributed by atoms with Gasteiger partial charge in [-0.25, -0.2) is 0 Å². The molecule has 0 radical (unpaired) electrons. The Hall–Kier alpha value is -2.16. The third-order valence-corrected chi connectivity index (χ3v) is 2.76. The van der Waals surface area contributed by atoms with Crippen LogP contribution in [0.4, 0.5) is 11.4 Å². The maximum Gasteiger partial charge on any atom is 0.119 e. The van der Waals surface area contributed by atoms with Crippen LogP contribution < -0.4 is 15.8 Å². The molecule has 3 heteroatoms. The number of nitrogens with two attached hydrogens (primary N) is 1. The summed E-state index contributed by atoms with van der Waals surface area (Å²) in [6.45, 7) is 3.62. The zero-order valence-electron chi connectivity index (χ0n) is 11.2. The van der Waals surface area contributed by atoms with Crippen LogP contribution >= 0.6 is 0 Å². The highest BCUT2D eigenvalue weighted by Gasteiger charge is 1.96. The quantitative estimate of drug-likeness (QED) is 0.614. The van der Waals surface area contributed by atoms with Crippen molar-refractivity contribution in [2.75, 3.05) is 24.2 Å². The maximum absolute atomic E-state index is 5.80. The zero-order valence-corrected chi connectivity index (χ0v) is 11.2. The van der Waals surface area contributed by atoms with E-state index in [0.29, 0.717) is 6.61 Å². The Morgan fingerprint density at radius 2 is 1.89 bits per heavy atom. The van der Waals surface area contributed by atoms with E-state index in [4.69, 9.17) is 10.5 Å². The second-order valence-corrected chi connectivity index (χ2v) is 4.57. The highest BCUT2D eigenvalue weighted by molar-refractivity contribution is 5.56. The van der Waals surface area contributed by atoms with Gasteiger partial charge in [0.2, 0.25) is 0 Å². The van der Waals surface area contributed by atoms with Gasteiger partial charge in [-0.15, -0.1) is 0 Å². The molecular formula is C16H20N2O. The van der Waals surface area contributed by atoms with Crippen LogP contribution in [0.1, 0.15) is 12.0 Å². The molecule has 0 fully saturated rings. The Labute approximate surface area is 114 Å². The molecule has 2 rings (SSSR count). The van der Waals surface area contributed by atoms with Crippen molar-refractivity contribution in [3.63, 3.8) is 0 Å². The zero-order chi connectivity index (χ0) is 13.5. The van der Waals surface area contributed by atoms with E-state index < -0.39 is 0 Å². The number of rotatable bonds is 6. The number of hydrogen-bond donors (Lipinski definition) is 2. The number of nitrogens with one attached hydrogen (secondary N) is 1. The number of benzene rings is 2. The second-order valence-electron chi connectivity index (χ2n) is 4.57. The number of anilines is 2. The van der Waals surface area contributed by atoms with E-state index >= 15 is 0 Å². The number of para-hydroxylation sites is 1. The Bertz CT molecular complexity index is 491. The minimum Gasteiger partial charge on any atom is -0.494 e. The van der Waals surface area contributed by atoms with Crippen molar-refractivity contribution in [1.29, 1.82) is 0 Å². The number of hydrogen-bond acceptors (Lipinski definition) is 3. The van der Waals surface area contributed by atoms with Crippen LogP contribution in [0, 0.1) is 6.92 Å². The smallest absolute Gasteiger partial charge is 0.119 e. The summed E-state index contributed by atoms with van der Waals surface area (Å²) >= 11 is 0. The van der Waals surface area contributed by atoms with Gasteiger partial charge in [-0.05, 0) is 49.2 Å². The van der Waals surface area contributed by atoms with E-state index in [0.717, 1.165) is 30.1 Å². The molecule has 0 spiro atoms. The fourth-order valence-corrected chi connectivity index (χ4v) is 1.93. The average Bonchev–Trinajstić information content (AvgIpc) is 2.38. The van der Waals surface area contributed by atoms with Crippen LogP contribution in [0.2, 0.25) is 0 Å². The predicted molar refractivity (Wildman–Crippen MR) is 80.6 cm³/mol. The molecule has 0 aliphatic heterocycles. The van der Waals surface area contributed by atoms with Crippen LogP contribution in [0.3, 0.4) is 0 Å². The first-order valence-electron chi connectivity index (χ1n) is 6.53. The minimum absolute atomic E-state index is 0.707. The summed E-state index contributed by atoms with van der Waals surface area (Å²) in [6.07, 6.45) is 0.947. The monoisotopic (exact) mass is 256 g/mol. The SMILES string of the molecule is Cc1cc(N)cc(NCCCOc2ccccc2)c1. The molecule has 3 N–H and O–H groups in total. The maximum atomic E-state index is 5.80. The van der Waals surface area contributed by atoms with Gasteiger partial charge < -0.3 is 15.8 Å². The van der Waals surface area contributed by atoms with E-state index in [9.17, 15) is 0 Å². The van der Waals surface area contributed by atoms with Crippen LogP contribution in [0.15, 0.2) is 48.5 Å². The first kappa shape index (κ1) is 13.3. The standard InChI is InChI=1S/C16H20N2O/c1-13-10-14(17)12-15(11-13)18-8-5-9-19-16-6-3-2-4-7-16/h2-4,6-7,10-12,18H,5,8-9,17H2,1H3. The summed E-state index contributed by atoms with van der Waals surface area (Å²) in [7, 11) is 0. The molecule has 0 saturated carbocycles. The van der Waals surface area contributed by atoms with Gasteiger partial charge in [0, 0.05) is 17.9 Å². The van der Waals surface area contributed by atoms with Crippen molar-refractivity contribution < 1.29 is 4.74 Å². The van der Waals surface area contributed by atoms with E-state index in [1.807, 2.05) is 49.4 Å². The lowest BCUT2D eigenvalue weighted by Gasteiger charge is -2.09. The van der Waals surface area contributed by atoms with E-state index in [-0.39, 0.29) is 0 Å². The lowest BCUT2D eigenvalue weighted by atomic mass is 10.2. The van der Waals surface area contributed by atoms with Crippen molar-refractivity contribution in [2.45, 2.75) is 13.3 Å².